The van der Waals surface area contributed by atoms with Gasteiger partial charge in [0, 0.05) is 55.2 Å². The van der Waals surface area contributed by atoms with Crippen LogP contribution in [0.2, 0.25) is 0 Å². The van der Waals surface area contributed by atoms with Gasteiger partial charge in [-0.2, -0.15) is 11.3 Å². The Morgan fingerprint density at radius 3 is 2.41 bits per heavy atom. The van der Waals surface area contributed by atoms with Crippen molar-refractivity contribution >= 4 is 63.2 Å². The number of rotatable bonds is 5. The number of nitrogens with zero attached hydrogens (tertiary/aromatic N) is 3. The highest BCUT2D eigenvalue weighted by molar-refractivity contribution is 7.80. The third kappa shape index (κ3) is 5.91. The molecule has 3 N–H and O–H groups in total. The topological polar surface area (TPSA) is 89.6 Å². The molecule has 3 heterocycles. The molecular weight excluding hydrogens is 488 g/mol. The first-order valence-corrected chi connectivity index (χ1v) is 13.1. The van der Waals surface area contributed by atoms with Crippen LogP contribution in [0.1, 0.15) is 44.6 Å². The minimum absolute atomic E-state index is 0.283. The highest BCUT2D eigenvalue weighted by Gasteiger charge is 2.25. The lowest BCUT2D eigenvalue weighted by atomic mass is 9.98. The van der Waals surface area contributed by atoms with Gasteiger partial charge in [0.05, 0.1) is 10.6 Å². The maximum Gasteiger partial charge on any atom is 0.289 e. The number of thiophene rings is 1. The molecule has 0 spiro atoms. The van der Waals surface area contributed by atoms with E-state index in [0.29, 0.717) is 11.3 Å². The number of nitrogens with one attached hydrogen (secondary N) is 3. The minimum atomic E-state index is -0.422. The summed E-state index contributed by atoms with van der Waals surface area (Å²) in [4.78, 5) is 33.1. The van der Waals surface area contributed by atoms with Crippen molar-refractivity contribution < 1.29 is 9.59 Å². The van der Waals surface area contributed by atoms with Gasteiger partial charge in [0.2, 0.25) is 0 Å². The van der Waals surface area contributed by atoms with Crippen molar-refractivity contribution in [1.82, 2.24) is 20.7 Å². The zero-order valence-electron chi connectivity index (χ0n) is 18.9. The van der Waals surface area contributed by atoms with E-state index in [0.717, 1.165) is 47.4 Å². The summed E-state index contributed by atoms with van der Waals surface area (Å²) in [6, 6.07) is 9.86. The summed E-state index contributed by atoms with van der Waals surface area (Å²) in [5.74, 6) is -0.491. The van der Waals surface area contributed by atoms with E-state index in [1.165, 1.54) is 22.7 Å². The van der Waals surface area contributed by atoms with Crippen molar-refractivity contribution in [3.05, 3.63) is 62.7 Å². The molecule has 0 aliphatic carbocycles. The van der Waals surface area contributed by atoms with E-state index < -0.39 is 5.91 Å². The number of likely N-dealkylation sites (tertiary alicyclic amines) is 1. The van der Waals surface area contributed by atoms with E-state index >= 15 is 0 Å². The van der Waals surface area contributed by atoms with Gasteiger partial charge in [-0.15, -0.1) is 11.3 Å². The Hall–Kier alpha value is -3.02. The molecule has 2 aromatic heterocycles. The number of benzene rings is 1. The summed E-state index contributed by atoms with van der Waals surface area (Å²) in [5, 5.41) is 10.2. The number of carbonyl (C=O) groups is 2. The quantitative estimate of drug-likeness (QED) is 0.351. The first kappa shape index (κ1) is 24.1. The zero-order chi connectivity index (χ0) is 24.1. The molecule has 1 saturated heterocycles. The van der Waals surface area contributed by atoms with Crippen LogP contribution in [0, 0.1) is 0 Å². The smallest absolute Gasteiger partial charge is 0.289 e. The van der Waals surface area contributed by atoms with Crippen molar-refractivity contribution in [1.29, 1.82) is 0 Å². The number of hydrogen-bond acceptors (Lipinski definition) is 7. The average Bonchev–Trinajstić information content (AvgIpc) is 3.56. The van der Waals surface area contributed by atoms with E-state index in [9.17, 15) is 9.59 Å². The molecular formula is C23H26N6O2S3. The van der Waals surface area contributed by atoms with Gasteiger partial charge in [-0.1, -0.05) is 0 Å². The summed E-state index contributed by atoms with van der Waals surface area (Å²) < 4.78 is 0. The molecule has 34 heavy (non-hydrogen) atoms. The lowest BCUT2D eigenvalue weighted by Crippen LogP contribution is -2.41. The molecule has 0 saturated carbocycles. The Bertz CT molecular complexity index is 1140. The molecule has 1 aliphatic heterocycles. The van der Waals surface area contributed by atoms with Crippen molar-refractivity contribution in [3.63, 3.8) is 0 Å². The van der Waals surface area contributed by atoms with Crippen LogP contribution in [0.15, 0.2) is 46.5 Å². The van der Waals surface area contributed by atoms with Gasteiger partial charge in [0.25, 0.3) is 11.8 Å². The van der Waals surface area contributed by atoms with E-state index in [2.05, 4.69) is 43.1 Å². The SMILES string of the molecule is CN(C)c1ccc(NC(=S)N2CCC(c3nc(C(=O)NNC(=O)c4ccsc4)cs3)CC2)cc1. The Labute approximate surface area is 212 Å². The van der Waals surface area contributed by atoms with Gasteiger partial charge in [-0.05, 0) is 60.8 Å². The maximum absolute atomic E-state index is 12.4. The molecule has 11 heteroatoms. The Morgan fingerprint density at radius 2 is 1.76 bits per heavy atom. The fourth-order valence-electron chi connectivity index (χ4n) is 3.60. The van der Waals surface area contributed by atoms with Gasteiger partial charge < -0.3 is 15.1 Å². The largest absolute Gasteiger partial charge is 0.378 e. The van der Waals surface area contributed by atoms with Gasteiger partial charge in [-0.3, -0.25) is 20.4 Å². The van der Waals surface area contributed by atoms with Crippen molar-refractivity contribution in [3.8, 4) is 0 Å². The molecule has 0 unspecified atom stereocenters. The van der Waals surface area contributed by atoms with E-state index in [1.807, 2.05) is 26.2 Å². The van der Waals surface area contributed by atoms with Crippen LogP contribution in [0.25, 0.3) is 0 Å². The van der Waals surface area contributed by atoms with Crippen LogP contribution in [0.5, 0.6) is 0 Å². The second-order valence-corrected chi connectivity index (χ2v) is 10.2. The Kier molecular flexibility index (Phi) is 7.76. The predicted molar refractivity (Wildman–Crippen MR) is 142 cm³/mol. The van der Waals surface area contributed by atoms with Gasteiger partial charge in [0.1, 0.15) is 5.69 Å². The number of anilines is 2. The molecule has 178 valence electrons. The zero-order valence-corrected chi connectivity index (χ0v) is 21.4. The van der Waals surface area contributed by atoms with Crippen LogP contribution >= 0.6 is 34.9 Å². The van der Waals surface area contributed by atoms with Crippen LogP contribution in [0.3, 0.4) is 0 Å². The minimum Gasteiger partial charge on any atom is -0.378 e. The lowest BCUT2D eigenvalue weighted by molar-refractivity contribution is 0.0844. The Balaban J connectivity index is 1.25. The molecule has 1 aromatic carbocycles. The lowest BCUT2D eigenvalue weighted by Gasteiger charge is -2.33. The highest BCUT2D eigenvalue weighted by Crippen LogP contribution is 2.30. The predicted octanol–water partition coefficient (Wildman–Crippen LogP) is 3.92. The van der Waals surface area contributed by atoms with E-state index in [4.69, 9.17) is 12.2 Å². The number of thiocarbonyl (C=S) groups is 1. The van der Waals surface area contributed by atoms with Gasteiger partial charge in [-0.25, -0.2) is 4.98 Å². The first-order valence-electron chi connectivity index (χ1n) is 10.8. The van der Waals surface area contributed by atoms with Crippen LogP contribution in [0.4, 0.5) is 11.4 Å². The summed E-state index contributed by atoms with van der Waals surface area (Å²) in [5.41, 5.74) is 7.78. The third-order valence-corrected chi connectivity index (χ3v) is 7.64. The van der Waals surface area contributed by atoms with Crippen molar-refractivity contribution in [2.75, 3.05) is 37.4 Å². The number of aromatic nitrogens is 1. The molecule has 0 bridgehead atoms. The second kappa shape index (κ2) is 10.9. The summed E-state index contributed by atoms with van der Waals surface area (Å²) in [6.07, 6.45) is 1.82. The van der Waals surface area contributed by atoms with Gasteiger partial charge in [0.15, 0.2) is 5.11 Å². The first-order chi connectivity index (χ1) is 16.4. The molecule has 1 aliphatic rings. The highest BCUT2D eigenvalue weighted by atomic mass is 32.1. The second-order valence-electron chi connectivity index (χ2n) is 8.12. The molecule has 1 fully saturated rings. The standard InChI is InChI=1S/C23H26N6O2S3/c1-28(2)18-5-3-17(4-6-18)24-23(32)29-10-7-15(8-11-29)22-25-19(14-34-22)21(31)27-26-20(30)16-9-12-33-13-16/h3-6,9,12-15H,7-8,10-11H2,1-2H3,(H,24,32)(H,26,30)(H,27,31). The number of thiazole rings is 1. The van der Waals surface area contributed by atoms with Crippen LogP contribution < -0.4 is 21.1 Å². The number of amides is 2. The average molecular weight is 515 g/mol. The monoisotopic (exact) mass is 514 g/mol. The summed E-state index contributed by atoms with van der Waals surface area (Å²) >= 11 is 8.52. The number of piperidine rings is 1. The molecule has 4 rings (SSSR count). The molecule has 3 aromatic rings. The Morgan fingerprint density at radius 1 is 1.06 bits per heavy atom. The summed E-state index contributed by atoms with van der Waals surface area (Å²) in [7, 11) is 4.03. The van der Waals surface area contributed by atoms with E-state index in [1.54, 1.807) is 22.2 Å². The number of hydrazine groups is 1. The van der Waals surface area contributed by atoms with Gasteiger partial charge >= 0.3 is 0 Å². The molecule has 8 nitrogen and oxygen atoms in total. The molecule has 2 amide bonds. The van der Waals surface area contributed by atoms with Crippen LogP contribution in [-0.2, 0) is 0 Å². The maximum atomic E-state index is 12.4. The van der Waals surface area contributed by atoms with E-state index in [-0.39, 0.29) is 11.8 Å². The number of carbonyl (C=O) groups excluding carboxylic acids is 2. The fraction of sp³-hybridized carbons (Fsp3) is 0.304. The number of hydrogen-bond donors (Lipinski definition) is 3. The van der Waals surface area contributed by atoms with Crippen molar-refractivity contribution in [2.45, 2.75) is 18.8 Å². The fourth-order valence-corrected chi connectivity index (χ4v) is 5.51. The molecule has 0 radical (unpaired) electrons. The molecule has 0 atom stereocenters. The summed E-state index contributed by atoms with van der Waals surface area (Å²) in [6.45, 7) is 1.65. The third-order valence-electron chi connectivity index (χ3n) is 5.59. The van der Waals surface area contributed by atoms with Crippen LogP contribution in [-0.4, -0.2) is 54.0 Å². The van der Waals surface area contributed by atoms with Crippen molar-refractivity contribution in [2.24, 2.45) is 0 Å². The normalized spacial score (nSPS) is 13.9.